The van der Waals surface area contributed by atoms with Crippen molar-refractivity contribution < 1.29 is 4.74 Å². The number of nitrogens with zero attached hydrogens (tertiary/aromatic N) is 6. The van der Waals surface area contributed by atoms with Crippen LogP contribution in [0.1, 0.15) is 31.2 Å². The molecule has 0 aliphatic heterocycles. The molecule has 0 atom stereocenters. The molecule has 8 nitrogen and oxygen atoms in total. The van der Waals surface area contributed by atoms with E-state index in [4.69, 9.17) is 26.4 Å². The lowest BCUT2D eigenvalue weighted by Crippen LogP contribution is -2.05. The zero-order valence-electron chi connectivity index (χ0n) is 19.3. The number of rotatable bonds is 6. The minimum atomic E-state index is 0.227. The Hall–Kier alpha value is -3.91. The van der Waals surface area contributed by atoms with Gasteiger partial charge in [0.25, 0.3) is 0 Å². The lowest BCUT2D eigenvalue weighted by atomic mass is 10.1. The summed E-state index contributed by atoms with van der Waals surface area (Å²) in [5, 5.41) is 8.81. The van der Waals surface area contributed by atoms with E-state index in [9.17, 15) is 0 Å². The zero-order chi connectivity index (χ0) is 23.8. The normalized spacial score (nSPS) is 11.4. The Bertz CT molecular complexity index is 1490. The summed E-state index contributed by atoms with van der Waals surface area (Å²) in [5.41, 5.74) is 5.71. The molecule has 1 aromatic carbocycles. The largest absolute Gasteiger partial charge is 0.479 e. The van der Waals surface area contributed by atoms with Crippen molar-refractivity contribution in [1.29, 1.82) is 0 Å². The van der Waals surface area contributed by atoms with Crippen LogP contribution in [0, 0.1) is 6.92 Å². The van der Waals surface area contributed by atoms with Crippen LogP contribution in [0.15, 0.2) is 61.2 Å². The highest BCUT2D eigenvalue weighted by Gasteiger charge is 2.16. The van der Waals surface area contributed by atoms with Gasteiger partial charge in [-0.3, -0.25) is 0 Å². The molecular weight excluding hydrogens is 450 g/mol. The number of hydrogen-bond acceptors (Lipinski definition) is 6. The summed E-state index contributed by atoms with van der Waals surface area (Å²) in [5.74, 6) is 1.34. The van der Waals surface area contributed by atoms with E-state index in [2.05, 4.69) is 29.1 Å². The van der Waals surface area contributed by atoms with Crippen molar-refractivity contribution in [1.82, 2.24) is 29.1 Å². The smallest absolute Gasteiger partial charge is 0.240 e. The van der Waals surface area contributed by atoms with Gasteiger partial charge in [-0.05, 0) is 37.1 Å². The number of halogens is 1. The molecule has 4 aromatic heterocycles. The van der Waals surface area contributed by atoms with Crippen LogP contribution in [0.2, 0.25) is 5.02 Å². The molecule has 0 saturated carbocycles. The van der Waals surface area contributed by atoms with Crippen molar-refractivity contribution in [3.05, 3.63) is 77.6 Å². The number of hydrogen-bond donors (Lipinski definition) is 1. The highest BCUT2D eigenvalue weighted by Crippen LogP contribution is 2.31. The number of nitrogens with one attached hydrogen (secondary N) is 1. The first-order chi connectivity index (χ1) is 16.4. The molecular formula is C25H24ClN7O. The molecule has 0 amide bonds. The number of fused-ring (bicyclic) bond motifs is 1. The minimum Gasteiger partial charge on any atom is -0.479 e. The molecule has 0 aliphatic rings. The minimum absolute atomic E-state index is 0.227. The summed E-state index contributed by atoms with van der Waals surface area (Å²) in [4.78, 5) is 13.8. The van der Waals surface area contributed by atoms with Gasteiger partial charge >= 0.3 is 0 Å². The third-order valence-corrected chi connectivity index (χ3v) is 5.80. The second-order valence-electron chi connectivity index (χ2n) is 8.28. The van der Waals surface area contributed by atoms with Crippen LogP contribution in [0.25, 0.3) is 22.6 Å². The molecule has 34 heavy (non-hydrogen) atoms. The Kier molecular flexibility index (Phi) is 5.67. The third-order valence-electron chi connectivity index (χ3n) is 5.47. The number of ether oxygens (including phenoxy) is 1. The standard InChI is InChI=1S/C25H24ClN7O/c1-15(2)19-11-20(24-29-21(13-33(24)31-19)17-7-5-6-8-18(17)26)28-23-10-9-22(25(30-23)34-4)32-12-16(3)27-14-32/h5-15H,1-4H3,(H,28,30). The van der Waals surface area contributed by atoms with E-state index in [0.717, 1.165) is 34.0 Å². The third kappa shape index (κ3) is 4.08. The second kappa shape index (κ2) is 8.79. The summed E-state index contributed by atoms with van der Waals surface area (Å²) < 4.78 is 9.24. The number of benzene rings is 1. The Morgan fingerprint density at radius 3 is 2.59 bits per heavy atom. The predicted molar refractivity (Wildman–Crippen MR) is 133 cm³/mol. The van der Waals surface area contributed by atoms with Crippen molar-refractivity contribution in [2.45, 2.75) is 26.7 Å². The molecule has 5 aromatic rings. The van der Waals surface area contributed by atoms with Gasteiger partial charge in [0.1, 0.15) is 11.5 Å². The number of imidazole rings is 2. The first-order valence-electron chi connectivity index (χ1n) is 10.9. The Balaban J connectivity index is 1.58. The van der Waals surface area contributed by atoms with Crippen LogP contribution in [0.4, 0.5) is 11.5 Å². The fraction of sp³-hybridized carbons (Fsp3) is 0.200. The lowest BCUT2D eigenvalue weighted by molar-refractivity contribution is 0.396. The molecule has 0 radical (unpaired) electrons. The molecule has 0 aliphatic carbocycles. The molecule has 0 bridgehead atoms. The van der Waals surface area contributed by atoms with Crippen LogP contribution in [-0.4, -0.2) is 36.2 Å². The van der Waals surface area contributed by atoms with Crippen LogP contribution >= 0.6 is 11.6 Å². The van der Waals surface area contributed by atoms with E-state index in [-0.39, 0.29) is 5.92 Å². The SMILES string of the molecule is COc1nc(Nc2cc(C(C)C)nn3cc(-c4ccccc4Cl)nc23)ccc1-n1cnc(C)c1. The number of aryl methyl sites for hydroxylation is 1. The lowest BCUT2D eigenvalue weighted by Gasteiger charge is -2.13. The maximum Gasteiger partial charge on any atom is 0.240 e. The van der Waals surface area contributed by atoms with Crippen molar-refractivity contribution in [2.75, 3.05) is 12.4 Å². The van der Waals surface area contributed by atoms with Gasteiger partial charge in [-0.25, -0.2) is 14.5 Å². The van der Waals surface area contributed by atoms with E-state index in [1.165, 1.54) is 0 Å². The molecule has 5 rings (SSSR count). The average molecular weight is 474 g/mol. The molecule has 0 saturated heterocycles. The van der Waals surface area contributed by atoms with E-state index in [1.54, 1.807) is 18.0 Å². The first kappa shape index (κ1) is 21.9. The maximum atomic E-state index is 6.42. The first-order valence-corrected chi connectivity index (χ1v) is 11.3. The number of aromatic nitrogens is 6. The highest BCUT2D eigenvalue weighted by atomic mass is 35.5. The average Bonchev–Trinajstić information content (AvgIpc) is 3.45. The molecule has 1 N–H and O–H groups in total. The van der Waals surface area contributed by atoms with Gasteiger partial charge in [-0.15, -0.1) is 0 Å². The van der Waals surface area contributed by atoms with Crippen molar-refractivity contribution in [3.8, 4) is 22.8 Å². The fourth-order valence-electron chi connectivity index (χ4n) is 3.71. The van der Waals surface area contributed by atoms with Crippen LogP contribution < -0.4 is 10.1 Å². The molecule has 0 spiro atoms. The van der Waals surface area contributed by atoms with Gasteiger partial charge in [-0.1, -0.05) is 43.6 Å². The van der Waals surface area contributed by atoms with Gasteiger partial charge in [0.2, 0.25) is 5.88 Å². The topological polar surface area (TPSA) is 82.2 Å². The number of anilines is 2. The Morgan fingerprint density at radius 1 is 1.06 bits per heavy atom. The predicted octanol–water partition coefficient (Wildman–Crippen LogP) is 5.81. The summed E-state index contributed by atoms with van der Waals surface area (Å²) in [6.07, 6.45) is 5.56. The van der Waals surface area contributed by atoms with Gasteiger partial charge < -0.3 is 14.6 Å². The van der Waals surface area contributed by atoms with Gasteiger partial charge in [-0.2, -0.15) is 10.1 Å². The Morgan fingerprint density at radius 2 is 1.88 bits per heavy atom. The monoisotopic (exact) mass is 473 g/mol. The molecule has 172 valence electrons. The second-order valence-corrected chi connectivity index (χ2v) is 8.69. The molecule has 9 heteroatoms. The highest BCUT2D eigenvalue weighted by molar-refractivity contribution is 6.33. The number of pyridine rings is 1. The summed E-state index contributed by atoms with van der Waals surface area (Å²) in [6.45, 7) is 6.15. The summed E-state index contributed by atoms with van der Waals surface area (Å²) in [7, 11) is 1.60. The summed E-state index contributed by atoms with van der Waals surface area (Å²) >= 11 is 6.42. The van der Waals surface area contributed by atoms with Crippen LogP contribution in [0.3, 0.4) is 0 Å². The summed E-state index contributed by atoms with van der Waals surface area (Å²) in [6, 6.07) is 13.5. The fourth-order valence-corrected chi connectivity index (χ4v) is 3.94. The quantitative estimate of drug-likeness (QED) is 0.335. The van der Waals surface area contributed by atoms with Gasteiger partial charge in [0.05, 0.1) is 47.4 Å². The van der Waals surface area contributed by atoms with Gasteiger partial charge in [0.15, 0.2) is 5.65 Å². The molecule has 0 unspecified atom stereocenters. The molecule has 4 heterocycles. The van der Waals surface area contributed by atoms with Crippen molar-refractivity contribution >= 4 is 28.8 Å². The van der Waals surface area contributed by atoms with Crippen molar-refractivity contribution in [3.63, 3.8) is 0 Å². The number of methoxy groups -OCH3 is 1. The van der Waals surface area contributed by atoms with E-state index in [0.29, 0.717) is 22.4 Å². The van der Waals surface area contributed by atoms with Gasteiger partial charge in [0, 0.05) is 11.8 Å². The molecule has 0 fully saturated rings. The van der Waals surface area contributed by atoms with Crippen LogP contribution in [-0.2, 0) is 0 Å². The van der Waals surface area contributed by atoms with Crippen molar-refractivity contribution in [2.24, 2.45) is 0 Å². The van der Waals surface area contributed by atoms with E-state index >= 15 is 0 Å². The van der Waals surface area contributed by atoms with E-state index < -0.39 is 0 Å². The van der Waals surface area contributed by atoms with Crippen LogP contribution in [0.5, 0.6) is 5.88 Å². The van der Waals surface area contributed by atoms with E-state index in [1.807, 2.05) is 66.3 Å². The maximum absolute atomic E-state index is 6.42. The Labute approximate surface area is 202 Å². The zero-order valence-corrected chi connectivity index (χ0v) is 20.1.